The number of nitrogens with zero attached hydrogens (tertiary/aromatic N) is 5. The summed E-state index contributed by atoms with van der Waals surface area (Å²) in [5, 5.41) is 5.92. The lowest BCUT2D eigenvalue weighted by molar-refractivity contribution is 0.696. The van der Waals surface area contributed by atoms with Gasteiger partial charge in [-0.2, -0.15) is 20.1 Å². The van der Waals surface area contributed by atoms with E-state index in [1.165, 1.54) is 0 Å². The third kappa shape index (κ3) is 1.50. The number of hydrazone groups is 1. The average Bonchev–Trinajstić information content (AvgIpc) is 2.49. The van der Waals surface area contributed by atoms with Crippen molar-refractivity contribution < 1.29 is 0 Å². The lowest BCUT2D eigenvalue weighted by atomic mass is 10.3. The van der Waals surface area contributed by atoms with Crippen LogP contribution in [0.15, 0.2) is 5.10 Å². The predicted molar refractivity (Wildman–Crippen MR) is 54.0 cm³/mol. The molecule has 74 valence electrons. The Balaban J connectivity index is 2.36. The van der Waals surface area contributed by atoms with Gasteiger partial charge in [0.05, 0.1) is 6.04 Å². The molecule has 0 saturated heterocycles. The van der Waals surface area contributed by atoms with Crippen LogP contribution in [-0.2, 0) is 0 Å². The summed E-state index contributed by atoms with van der Waals surface area (Å²) in [4.78, 5) is 12.1. The Morgan fingerprint density at radius 1 is 1.43 bits per heavy atom. The molecule has 1 unspecified atom stereocenters. The van der Waals surface area contributed by atoms with Crippen LogP contribution in [0, 0.1) is 6.92 Å². The molecule has 0 saturated carbocycles. The molecule has 0 aromatic carbocycles. The van der Waals surface area contributed by atoms with E-state index in [2.05, 4.69) is 27.0 Å². The molecule has 0 radical (unpaired) electrons. The van der Waals surface area contributed by atoms with Gasteiger partial charge in [0.15, 0.2) is 0 Å². The minimum Gasteiger partial charge on any atom is -0.368 e. The van der Waals surface area contributed by atoms with Crippen molar-refractivity contribution >= 4 is 18.1 Å². The Bertz CT molecular complexity index is 354. The van der Waals surface area contributed by atoms with Gasteiger partial charge in [0.1, 0.15) is 5.82 Å². The van der Waals surface area contributed by atoms with Crippen LogP contribution < -0.4 is 10.7 Å². The van der Waals surface area contributed by atoms with Crippen molar-refractivity contribution in [2.75, 3.05) is 10.7 Å². The monoisotopic (exact) mass is 192 g/mol. The fourth-order valence-corrected chi connectivity index (χ4v) is 1.34. The van der Waals surface area contributed by atoms with E-state index in [-0.39, 0.29) is 12.0 Å². The van der Waals surface area contributed by atoms with Crippen molar-refractivity contribution in [3.05, 3.63) is 5.82 Å². The minimum atomic E-state index is 0.238. The van der Waals surface area contributed by atoms with E-state index in [1.54, 1.807) is 11.9 Å². The molecule has 2 rings (SSSR count). The molecule has 0 fully saturated rings. The number of nitrogens with two attached hydrogens (primary N) is 1. The third-order valence-electron chi connectivity index (χ3n) is 2.03. The van der Waals surface area contributed by atoms with E-state index < -0.39 is 0 Å². The second kappa shape index (κ2) is 3.21. The fourth-order valence-electron chi connectivity index (χ4n) is 1.34. The van der Waals surface area contributed by atoms with Crippen molar-refractivity contribution in [2.24, 2.45) is 5.10 Å². The summed E-state index contributed by atoms with van der Waals surface area (Å²) in [6, 6.07) is 0.288. The topological polar surface area (TPSA) is 80.3 Å². The third-order valence-corrected chi connectivity index (χ3v) is 2.03. The normalized spacial score (nSPS) is 20.4. The van der Waals surface area contributed by atoms with E-state index in [4.69, 9.17) is 5.73 Å². The van der Waals surface area contributed by atoms with Crippen LogP contribution in [0.3, 0.4) is 0 Å². The molecule has 0 bridgehead atoms. The van der Waals surface area contributed by atoms with E-state index in [9.17, 15) is 0 Å². The number of aryl methyl sites for hydroxylation is 1. The van der Waals surface area contributed by atoms with E-state index in [0.29, 0.717) is 11.8 Å². The van der Waals surface area contributed by atoms with Crippen molar-refractivity contribution in [1.29, 1.82) is 0 Å². The summed E-state index contributed by atoms with van der Waals surface area (Å²) >= 11 is 0. The molecule has 6 heteroatoms. The van der Waals surface area contributed by atoms with Gasteiger partial charge in [-0.1, -0.05) is 0 Å². The second-order valence-corrected chi connectivity index (χ2v) is 3.27. The van der Waals surface area contributed by atoms with Crippen LogP contribution in [0.4, 0.5) is 11.9 Å². The maximum atomic E-state index is 5.53. The Kier molecular flexibility index (Phi) is 2.03. The molecule has 14 heavy (non-hydrogen) atoms. The van der Waals surface area contributed by atoms with Crippen molar-refractivity contribution in [3.63, 3.8) is 0 Å². The predicted octanol–water partition coefficient (Wildman–Crippen LogP) is 0.347. The molecule has 0 aliphatic carbocycles. The van der Waals surface area contributed by atoms with Gasteiger partial charge in [-0.3, -0.25) is 0 Å². The summed E-state index contributed by atoms with van der Waals surface area (Å²) < 4.78 is 0. The second-order valence-electron chi connectivity index (χ2n) is 3.27. The van der Waals surface area contributed by atoms with Gasteiger partial charge in [-0.05, 0) is 13.8 Å². The standard InChI is InChI=1S/C8H12N6/c1-5-3-4-10-14(5)8-12-6(2)11-7(9)13-8/h4-5H,3H2,1-2H3,(H2,9,11,12,13). The first-order valence-electron chi connectivity index (χ1n) is 4.46. The summed E-state index contributed by atoms with van der Waals surface area (Å²) in [6.07, 6.45) is 2.75. The van der Waals surface area contributed by atoms with Crippen LogP contribution >= 0.6 is 0 Å². The molecule has 6 nitrogen and oxygen atoms in total. The van der Waals surface area contributed by atoms with Crippen molar-refractivity contribution in [2.45, 2.75) is 26.3 Å². The van der Waals surface area contributed by atoms with Crippen LogP contribution in [-0.4, -0.2) is 27.2 Å². The van der Waals surface area contributed by atoms with Gasteiger partial charge in [-0.25, -0.2) is 5.01 Å². The van der Waals surface area contributed by atoms with E-state index in [1.807, 2.05) is 6.21 Å². The van der Waals surface area contributed by atoms with Crippen molar-refractivity contribution in [1.82, 2.24) is 15.0 Å². The average molecular weight is 192 g/mol. The molecule has 1 aromatic heterocycles. The highest BCUT2D eigenvalue weighted by Crippen LogP contribution is 2.17. The Morgan fingerprint density at radius 2 is 2.21 bits per heavy atom. The molecule has 2 N–H and O–H groups in total. The first-order valence-corrected chi connectivity index (χ1v) is 4.46. The summed E-state index contributed by atoms with van der Waals surface area (Å²) in [5.41, 5.74) is 5.53. The summed E-state index contributed by atoms with van der Waals surface area (Å²) in [5.74, 6) is 1.37. The first-order chi connectivity index (χ1) is 6.66. The smallest absolute Gasteiger partial charge is 0.251 e. The first kappa shape index (κ1) is 8.86. The molecule has 1 aliphatic heterocycles. The maximum Gasteiger partial charge on any atom is 0.251 e. The minimum absolute atomic E-state index is 0.238. The molecular weight excluding hydrogens is 180 g/mol. The Hall–Kier alpha value is -1.72. The SMILES string of the molecule is Cc1nc(N)nc(N2N=CCC2C)n1. The zero-order chi connectivity index (χ0) is 10.1. The largest absolute Gasteiger partial charge is 0.368 e. The molecule has 0 spiro atoms. The van der Waals surface area contributed by atoms with Gasteiger partial charge in [0, 0.05) is 12.6 Å². The Labute approximate surface area is 81.9 Å². The van der Waals surface area contributed by atoms with Gasteiger partial charge in [0.25, 0.3) is 5.95 Å². The highest BCUT2D eigenvalue weighted by molar-refractivity contribution is 5.64. The van der Waals surface area contributed by atoms with Gasteiger partial charge >= 0.3 is 0 Å². The van der Waals surface area contributed by atoms with E-state index >= 15 is 0 Å². The lowest BCUT2D eigenvalue weighted by Gasteiger charge is -2.17. The fraction of sp³-hybridized carbons (Fsp3) is 0.500. The molecule has 2 heterocycles. The number of hydrogen-bond donors (Lipinski definition) is 1. The zero-order valence-corrected chi connectivity index (χ0v) is 8.18. The number of anilines is 2. The quantitative estimate of drug-likeness (QED) is 0.694. The van der Waals surface area contributed by atoms with Crippen LogP contribution in [0.1, 0.15) is 19.2 Å². The molecule has 0 amide bonds. The molecule has 1 aromatic rings. The van der Waals surface area contributed by atoms with Gasteiger partial charge in [-0.15, -0.1) is 0 Å². The number of aromatic nitrogens is 3. The van der Waals surface area contributed by atoms with Gasteiger partial charge in [0.2, 0.25) is 5.95 Å². The van der Waals surface area contributed by atoms with Crippen LogP contribution in [0.2, 0.25) is 0 Å². The highest BCUT2D eigenvalue weighted by Gasteiger charge is 2.20. The number of hydrogen-bond acceptors (Lipinski definition) is 6. The van der Waals surface area contributed by atoms with E-state index in [0.717, 1.165) is 6.42 Å². The van der Waals surface area contributed by atoms with Crippen molar-refractivity contribution in [3.8, 4) is 0 Å². The Morgan fingerprint density at radius 3 is 2.79 bits per heavy atom. The van der Waals surface area contributed by atoms with Gasteiger partial charge < -0.3 is 5.73 Å². The summed E-state index contributed by atoms with van der Waals surface area (Å²) in [7, 11) is 0. The summed E-state index contributed by atoms with van der Waals surface area (Å²) in [6.45, 7) is 3.84. The molecule has 1 atom stereocenters. The highest BCUT2D eigenvalue weighted by atomic mass is 15.5. The molecular formula is C8H12N6. The molecule has 1 aliphatic rings. The lowest BCUT2D eigenvalue weighted by Crippen LogP contribution is -2.25. The van der Waals surface area contributed by atoms with Crippen LogP contribution in [0.25, 0.3) is 0 Å². The van der Waals surface area contributed by atoms with Crippen LogP contribution in [0.5, 0.6) is 0 Å². The maximum absolute atomic E-state index is 5.53. The zero-order valence-electron chi connectivity index (χ0n) is 8.18. The number of rotatable bonds is 1. The number of nitrogen functional groups attached to an aromatic ring is 1.